The lowest BCUT2D eigenvalue weighted by molar-refractivity contribution is -0.192. The SMILES string of the molecule is O=C(O)[C@](OC1CCNCC1)(c1ccccc1Cl)[C@@H]1CCC(F)(F)C1. The Morgan fingerprint density at radius 1 is 1.28 bits per heavy atom. The molecule has 1 aliphatic heterocycles. The largest absolute Gasteiger partial charge is 0.479 e. The van der Waals surface area contributed by atoms with Crippen LogP contribution in [0.5, 0.6) is 0 Å². The second kappa shape index (κ2) is 7.17. The maximum Gasteiger partial charge on any atom is 0.341 e. The number of carboxylic acids is 1. The predicted molar refractivity (Wildman–Crippen MR) is 90.0 cm³/mol. The first-order valence-electron chi connectivity index (χ1n) is 8.60. The lowest BCUT2D eigenvalue weighted by Crippen LogP contribution is -2.49. The Bertz CT molecular complexity index is 637. The van der Waals surface area contributed by atoms with Crippen molar-refractivity contribution in [2.24, 2.45) is 5.92 Å². The van der Waals surface area contributed by atoms with Crippen molar-refractivity contribution in [1.82, 2.24) is 5.32 Å². The van der Waals surface area contributed by atoms with Crippen molar-refractivity contribution < 1.29 is 23.4 Å². The summed E-state index contributed by atoms with van der Waals surface area (Å²) in [5.41, 5.74) is -1.58. The highest BCUT2D eigenvalue weighted by Crippen LogP contribution is 2.51. The number of halogens is 3. The number of piperidine rings is 1. The second-order valence-corrected chi connectivity index (χ2v) is 7.29. The molecule has 1 aromatic carbocycles. The number of hydrogen-bond donors (Lipinski definition) is 2. The van der Waals surface area contributed by atoms with E-state index in [1.54, 1.807) is 24.3 Å². The van der Waals surface area contributed by atoms with Gasteiger partial charge < -0.3 is 15.2 Å². The van der Waals surface area contributed by atoms with Gasteiger partial charge in [-0.3, -0.25) is 0 Å². The first kappa shape index (κ1) is 18.5. The molecule has 0 spiro atoms. The molecule has 2 aliphatic rings. The molecule has 1 aromatic rings. The van der Waals surface area contributed by atoms with E-state index in [9.17, 15) is 18.7 Å². The average molecular weight is 374 g/mol. The zero-order valence-corrected chi connectivity index (χ0v) is 14.6. The third kappa shape index (κ3) is 3.66. The van der Waals surface area contributed by atoms with Crippen molar-refractivity contribution in [3.8, 4) is 0 Å². The molecule has 4 nitrogen and oxygen atoms in total. The third-order valence-corrected chi connectivity index (χ3v) is 5.54. The molecule has 1 saturated carbocycles. The molecule has 0 radical (unpaired) electrons. The molecule has 2 N–H and O–H groups in total. The maximum absolute atomic E-state index is 13.9. The van der Waals surface area contributed by atoms with Crippen molar-refractivity contribution in [3.05, 3.63) is 34.9 Å². The van der Waals surface area contributed by atoms with E-state index in [0.29, 0.717) is 25.9 Å². The van der Waals surface area contributed by atoms with Crippen LogP contribution in [0.25, 0.3) is 0 Å². The Morgan fingerprint density at radius 2 is 1.96 bits per heavy atom. The summed E-state index contributed by atoms with van der Waals surface area (Å²) in [5.74, 6) is -4.94. The van der Waals surface area contributed by atoms with E-state index in [1.165, 1.54) is 0 Å². The fraction of sp³-hybridized carbons (Fsp3) is 0.611. The van der Waals surface area contributed by atoms with Crippen LogP contribution in [0, 0.1) is 5.92 Å². The summed E-state index contributed by atoms with van der Waals surface area (Å²) < 4.78 is 33.9. The summed E-state index contributed by atoms with van der Waals surface area (Å²) in [6.07, 6.45) is 0.242. The molecular weight excluding hydrogens is 352 g/mol. The van der Waals surface area contributed by atoms with Gasteiger partial charge in [-0.25, -0.2) is 13.6 Å². The lowest BCUT2D eigenvalue weighted by Gasteiger charge is -2.40. The predicted octanol–water partition coefficient (Wildman–Crippen LogP) is 3.82. The van der Waals surface area contributed by atoms with Gasteiger partial charge in [0.15, 0.2) is 5.60 Å². The van der Waals surface area contributed by atoms with Crippen LogP contribution in [0.1, 0.15) is 37.7 Å². The quantitative estimate of drug-likeness (QED) is 0.823. The van der Waals surface area contributed by atoms with Crippen LogP contribution in [-0.4, -0.2) is 36.2 Å². The Balaban J connectivity index is 2.04. The van der Waals surface area contributed by atoms with Crippen LogP contribution in [-0.2, 0) is 15.1 Å². The lowest BCUT2D eigenvalue weighted by atomic mass is 9.79. The third-order valence-electron chi connectivity index (χ3n) is 5.21. The van der Waals surface area contributed by atoms with Gasteiger partial charge in [-0.05, 0) is 38.4 Å². The van der Waals surface area contributed by atoms with Crippen LogP contribution < -0.4 is 5.32 Å². The molecule has 0 bridgehead atoms. The number of ether oxygens (including phenoxy) is 1. The molecule has 25 heavy (non-hydrogen) atoms. The van der Waals surface area contributed by atoms with Crippen molar-refractivity contribution in [1.29, 1.82) is 0 Å². The van der Waals surface area contributed by atoms with Gasteiger partial charge in [0.2, 0.25) is 5.92 Å². The number of carboxylic acid groups (broad SMARTS) is 1. The molecule has 7 heteroatoms. The van der Waals surface area contributed by atoms with Crippen LogP contribution in [0.2, 0.25) is 5.02 Å². The number of aliphatic carboxylic acids is 1. The zero-order valence-electron chi connectivity index (χ0n) is 13.8. The minimum absolute atomic E-state index is 0.0928. The van der Waals surface area contributed by atoms with Crippen LogP contribution in [0.3, 0.4) is 0 Å². The molecule has 2 atom stereocenters. The summed E-state index contributed by atoms with van der Waals surface area (Å²) in [4.78, 5) is 12.4. The topological polar surface area (TPSA) is 58.6 Å². The summed E-state index contributed by atoms with van der Waals surface area (Å²) in [6, 6.07) is 6.51. The van der Waals surface area contributed by atoms with Gasteiger partial charge in [0.05, 0.1) is 6.10 Å². The fourth-order valence-electron chi connectivity index (χ4n) is 3.96. The summed E-state index contributed by atoms with van der Waals surface area (Å²) in [6.45, 7) is 1.42. The Morgan fingerprint density at radius 3 is 2.52 bits per heavy atom. The van der Waals surface area contributed by atoms with Gasteiger partial charge in [0.25, 0.3) is 0 Å². The van der Waals surface area contributed by atoms with Crippen molar-refractivity contribution >= 4 is 17.6 Å². The number of rotatable bonds is 5. The minimum atomic E-state index is -2.87. The standard InChI is InChI=1S/C18H22ClF2NO3/c19-15-4-2-1-3-14(15)18(16(23)24,12-5-8-17(20,21)11-12)25-13-6-9-22-10-7-13/h1-4,12-13,22H,5-11H2,(H,23,24)/t12-,18-/m1/s1. The average Bonchev–Trinajstić information content (AvgIpc) is 2.94. The number of alkyl halides is 2. The first-order valence-corrected chi connectivity index (χ1v) is 8.98. The maximum atomic E-state index is 13.9. The van der Waals surface area contributed by atoms with Crippen LogP contribution in [0.15, 0.2) is 24.3 Å². The van der Waals surface area contributed by atoms with Crippen molar-refractivity contribution in [2.75, 3.05) is 13.1 Å². The molecule has 2 fully saturated rings. The Hall–Kier alpha value is -1.24. The second-order valence-electron chi connectivity index (χ2n) is 6.88. The van der Waals surface area contributed by atoms with E-state index >= 15 is 0 Å². The van der Waals surface area contributed by atoms with E-state index in [4.69, 9.17) is 16.3 Å². The normalized spacial score (nSPS) is 26.3. The van der Waals surface area contributed by atoms with Crippen LogP contribution in [0.4, 0.5) is 8.78 Å². The van der Waals surface area contributed by atoms with Gasteiger partial charge in [-0.15, -0.1) is 0 Å². The Labute approximate surface area is 150 Å². The van der Waals surface area contributed by atoms with Crippen molar-refractivity contribution in [2.45, 2.75) is 49.7 Å². The van der Waals surface area contributed by atoms with Crippen molar-refractivity contribution in [3.63, 3.8) is 0 Å². The molecule has 0 aromatic heterocycles. The van der Waals surface area contributed by atoms with Gasteiger partial charge in [-0.1, -0.05) is 29.8 Å². The number of hydrogen-bond acceptors (Lipinski definition) is 3. The van der Waals surface area contributed by atoms with Crippen LogP contribution >= 0.6 is 11.6 Å². The summed E-state index contributed by atoms with van der Waals surface area (Å²) in [5, 5.41) is 13.5. The van der Waals surface area contributed by atoms with E-state index in [2.05, 4.69) is 5.32 Å². The fourth-order valence-corrected chi connectivity index (χ4v) is 4.23. The van der Waals surface area contributed by atoms with Gasteiger partial charge in [-0.2, -0.15) is 0 Å². The first-order chi connectivity index (χ1) is 11.8. The van der Waals surface area contributed by atoms with E-state index in [1.807, 2.05) is 0 Å². The highest BCUT2D eigenvalue weighted by Gasteiger charge is 2.57. The van der Waals surface area contributed by atoms with E-state index < -0.39 is 29.8 Å². The van der Waals surface area contributed by atoms with E-state index in [-0.39, 0.29) is 29.5 Å². The molecule has 1 aliphatic carbocycles. The zero-order chi connectivity index (χ0) is 18.1. The van der Waals surface area contributed by atoms with Gasteiger partial charge >= 0.3 is 5.97 Å². The highest BCUT2D eigenvalue weighted by molar-refractivity contribution is 6.31. The Kier molecular flexibility index (Phi) is 5.32. The monoisotopic (exact) mass is 373 g/mol. The van der Waals surface area contributed by atoms with Gasteiger partial charge in [0, 0.05) is 29.3 Å². The molecule has 0 amide bonds. The minimum Gasteiger partial charge on any atom is -0.479 e. The summed E-state index contributed by atoms with van der Waals surface area (Å²) in [7, 11) is 0. The number of carbonyl (C=O) groups is 1. The number of nitrogens with one attached hydrogen (secondary N) is 1. The molecule has 1 heterocycles. The molecule has 0 unspecified atom stereocenters. The number of benzene rings is 1. The molecule has 3 rings (SSSR count). The summed E-state index contributed by atoms with van der Waals surface area (Å²) >= 11 is 6.28. The smallest absolute Gasteiger partial charge is 0.341 e. The molecule has 138 valence electrons. The highest BCUT2D eigenvalue weighted by atomic mass is 35.5. The molecule has 1 saturated heterocycles. The molecular formula is C18H22ClF2NO3. The van der Waals surface area contributed by atoms with E-state index in [0.717, 1.165) is 0 Å². The van der Waals surface area contributed by atoms with Gasteiger partial charge in [0.1, 0.15) is 0 Å².